The lowest BCUT2D eigenvalue weighted by molar-refractivity contribution is -0.123. The average molecular weight is 461 g/mol. The van der Waals surface area contributed by atoms with E-state index in [4.69, 9.17) is 0 Å². The van der Waals surface area contributed by atoms with E-state index in [-0.39, 0.29) is 30.3 Å². The van der Waals surface area contributed by atoms with Crippen LogP contribution >= 0.6 is 0 Å². The van der Waals surface area contributed by atoms with E-state index in [1.807, 2.05) is 55.1 Å². The SMILES string of the molecule is Cc1cccc(NC(=O)CN2C(=O)C3CCCCN3c3ccc(C(=O)N4CCCC4)cc32)c1C. The summed E-state index contributed by atoms with van der Waals surface area (Å²) in [4.78, 5) is 45.3. The molecule has 5 rings (SSSR count). The number of benzene rings is 2. The first-order chi connectivity index (χ1) is 16.4. The summed E-state index contributed by atoms with van der Waals surface area (Å²) in [6.07, 6.45) is 4.85. The number of likely N-dealkylation sites (tertiary alicyclic amines) is 1. The van der Waals surface area contributed by atoms with Crippen LogP contribution < -0.4 is 15.1 Å². The van der Waals surface area contributed by atoms with Crippen molar-refractivity contribution in [3.8, 4) is 0 Å². The summed E-state index contributed by atoms with van der Waals surface area (Å²) in [6, 6.07) is 11.2. The molecule has 3 aliphatic heterocycles. The van der Waals surface area contributed by atoms with Crippen LogP contribution in [0.5, 0.6) is 0 Å². The highest BCUT2D eigenvalue weighted by molar-refractivity contribution is 6.11. The van der Waals surface area contributed by atoms with E-state index in [2.05, 4.69) is 10.2 Å². The lowest BCUT2D eigenvalue weighted by Crippen LogP contribution is -2.56. The summed E-state index contributed by atoms with van der Waals surface area (Å²) in [7, 11) is 0. The molecule has 0 aromatic heterocycles. The fourth-order valence-corrected chi connectivity index (χ4v) is 5.38. The number of carbonyl (C=O) groups is 3. The fraction of sp³-hybridized carbons (Fsp3) is 0.444. The predicted molar refractivity (Wildman–Crippen MR) is 133 cm³/mol. The van der Waals surface area contributed by atoms with Gasteiger partial charge >= 0.3 is 0 Å². The molecule has 34 heavy (non-hydrogen) atoms. The first-order valence-corrected chi connectivity index (χ1v) is 12.3. The Morgan fingerprint density at radius 2 is 1.74 bits per heavy atom. The van der Waals surface area contributed by atoms with Crippen molar-refractivity contribution in [3.05, 3.63) is 53.1 Å². The van der Waals surface area contributed by atoms with E-state index in [9.17, 15) is 14.4 Å². The standard InChI is InChI=1S/C27H32N4O3/c1-18-8-7-9-21(19(18)2)28-25(32)17-31-24-16-20(26(33)29-13-5-6-14-29)11-12-22(24)30-15-4-3-10-23(30)27(31)34/h7-9,11-12,16,23H,3-6,10,13-15,17H2,1-2H3,(H,28,32). The van der Waals surface area contributed by atoms with Gasteiger partial charge in [-0.15, -0.1) is 0 Å². The number of amides is 3. The Balaban J connectivity index is 1.46. The fourth-order valence-electron chi connectivity index (χ4n) is 5.38. The molecule has 2 aromatic rings. The van der Waals surface area contributed by atoms with Crippen molar-refractivity contribution < 1.29 is 14.4 Å². The van der Waals surface area contributed by atoms with Crippen LogP contribution in [0.25, 0.3) is 0 Å². The molecule has 7 nitrogen and oxygen atoms in total. The molecule has 3 amide bonds. The molecule has 3 heterocycles. The highest BCUT2D eigenvalue weighted by atomic mass is 16.2. The minimum absolute atomic E-state index is 0.00620. The van der Waals surface area contributed by atoms with Gasteiger partial charge < -0.3 is 15.1 Å². The van der Waals surface area contributed by atoms with Crippen molar-refractivity contribution in [3.63, 3.8) is 0 Å². The number of fused-ring (bicyclic) bond motifs is 3. The van der Waals surface area contributed by atoms with Crippen LogP contribution in [0.3, 0.4) is 0 Å². The van der Waals surface area contributed by atoms with E-state index in [1.54, 1.807) is 4.90 Å². The Hall–Kier alpha value is -3.35. The summed E-state index contributed by atoms with van der Waals surface area (Å²) in [5.74, 6) is -0.309. The molecule has 0 radical (unpaired) electrons. The summed E-state index contributed by atoms with van der Waals surface area (Å²) in [5, 5.41) is 2.98. The molecule has 2 aromatic carbocycles. The minimum Gasteiger partial charge on any atom is -0.358 e. The molecule has 3 aliphatic rings. The number of piperidine rings is 1. The smallest absolute Gasteiger partial charge is 0.253 e. The van der Waals surface area contributed by atoms with Crippen LogP contribution in [0, 0.1) is 13.8 Å². The van der Waals surface area contributed by atoms with Gasteiger partial charge in [-0.1, -0.05) is 12.1 Å². The molecular weight excluding hydrogens is 428 g/mol. The Labute approximate surface area is 200 Å². The molecule has 2 saturated heterocycles. The second-order valence-corrected chi connectivity index (χ2v) is 9.63. The van der Waals surface area contributed by atoms with Gasteiger partial charge in [0.05, 0.1) is 11.4 Å². The van der Waals surface area contributed by atoms with Crippen molar-refractivity contribution in [2.24, 2.45) is 0 Å². The molecule has 1 unspecified atom stereocenters. The molecule has 1 N–H and O–H groups in total. The molecule has 7 heteroatoms. The van der Waals surface area contributed by atoms with Crippen molar-refractivity contribution in [2.45, 2.75) is 52.0 Å². The summed E-state index contributed by atoms with van der Waals surface area (Å²) >= 11 is 0. The third-order valence-corrected chi connectivity index (χ3v) is 7.45. The van der Waals surface area contributed by atoms with Gasteiger partial charge in [-0.05, 0) is 81.3 Å². The predicted octanol–water partition coefficient (Wildman–Crippen LogP) is 3.88. The average Bonchev–Trinajstić information content (AvgIpc) is 3.39. The lowest BCUT2D eigenvalue weighted by atomic mass is 9.95. The van der Waals surface area contributed by atoms with Gasteiger partial charge in [0.15, 0.2) is 0 Å². The summed E-state index contributed by atoms with van der Waals surface area (Å²) in [6.45, 7) is 6.25. The van der Waals surface area contributed by atoms with E-state index >= 15 is 0 Å². The number of nitrogens with one attached hydrogen (secondary N) is 1. The van der Waals surface area contributed by atoms with Crippen LogP contribution in [0.15, 0.2) is 36.4 Å². The van der Waals surface area contributed by atoms with E-state index in [0.29, 0.717) is 11.3 Å². The zero-order valence-corrected chi connectivity index (χ0v) is 20.0. The number of carbonyl (C=O) groups excluding carboxylic acids is 3. The maximum absolute atomic E-state index is 13.6. The molecule has 2 fully saturated rings. The highest BCUT2D eigenvalue weighted by Crippen LogP contribution is 2.40. The third kappa shape index (κ3) is 4.04. The third-order valence-electron chi connectivity index (χ3n) is 7.45. The maximum atomic E-state index is 13.6. The van der Waals surface area contributed by atoms with Gasteiger partial charge in [-0.3, -0.25) is 19.3 Å². The van der Waals surface area contributed by atoms with Crippen LogP contribution in [-0.4, -0.2) is 54.8 Å². The summed E-state index contributed by atoms with van der Waals surface area (Å²) < 4.78 is 0. The van der Waals surface area contributed by atoms with Crippen molar-refractivity contribution in [1.82, 2.24) is 4.90 Å². The van der Waals surface area contributed by atoms with E-state index in [1.165, 1.54) is 0 Å². The zero-order chi connectivity index (χ0) is 23.8. The van der Waals surface area contributed by atoms with Crippen LogP contribution in [0.2, 0.25) is 0 Å². The number of hydrogen-bond acceptors (Lipinski definition) is 4. The number of rotatable bonds is 4. The van der Waals surface area contributed by atoms with Crippen molar-refractivity contribution in [1.29, 1.82) is 0 Å². The summed E-state index contributed by atoms with van der Waals surface area (Å²) in [5.41, 5.74) is 5.03. The Bertz CT molecular complexity index is 1140. The topological polar surface area (TPSA) is 73.0 Å². The molecule has 0 saturated carbocycles. The van der Waals surface area contributed by atoms with E-state index < -0.39 is 0 Å². The zero-order valence-electron chi connectivity index (χ0n) is 20.0. The number of aryl methyl sites for hydroxylation is 1. The van der Waals surface area contributed by atoms with Crippen LogP contribution in [-0.2, 0) is 9.59 Å². The van der Waals surface area contributed by atoms with Gasteiger partial charge in [-0.2, -0.15) is 0 Å². The molecule has 0 aliphatic carbocycles. The van der Waals surface area contributed by atoms with Crippen molar-refractivity contribution >= 4 is 34.8 Å². The molecule has 0 spiro atoms. The molecule has 178 valence electrons. The van der Waals surface area contributed by atoms with E-state index in [0.717, 1.165) is 74.2 Å². The van der Waals surface area contributed by atoms with Gasteiger partial charge in [-0.25, -0.2) is 0 Å². The first-order valence-electron chi connectivity index (χ1n) is 12.3. The molecular formula is C27H32N4O3. The number of nitrogens with zero attached hydrogens (tertiary/aromatic N) is 3. The maximum Gasteiger partial charge on any atom is 0.253 e. The van der Waals surface area contributed by atoms with Crippen molar-refractivity contribution in [2.75, 3.05) is 41.3 Å². The van der Waals surface area contributed by atoms with Gasteiger partial charge in [0.1, 0.15) is 12.6 Å². The van der Waals surface area contributed by atoms with Crippen LogP contribution in [0.4, 0.5) is 17.1 Å². The number of anilines is 3. The Morgan fingerprint density at radius 1 is 0.971 bits per heavy atom. The van der Waals surface area contributed by atoms with Gasteiger partial charge in [0.2, 0.25) is 11.8 Å². The normalized spacial score (nSPS) is 19.6. The van der Waals surface area contributed by atoms with Gasteiger partial charge in [0.25, 0.3) is 5.91 Å². The largest absolute Gasteiger partial charge is 0.358 e. The highest BCUT2D eigenvalue weighted by Gasteiger charge is 2.40. The molecule has 0 bridgehead atoms. The lowest BCUT2D eigenvalue weighted by Gasteiger charge is -2.45. The monoisotopic (exact) mass is 460 g/mol. The quantitative estimate of drug-likeness (QED) is 0.752. The van der Waals surface area contributed by atoms with Crippen LogP contribution in [0.1, 0.15) is 53.6 Å². The number of hydrogen-bond donors (Lipinski definition) is 1. The second kappa shape index (κ2) is 9.12. The second-order valence-electron chi connectivity index (χ2n) is 9.63. The first kappa shape index (κ1) is 22.4. The Kier molecular flexibility index (Phi) is 6.02. The molecule has 1 atom stereocenters. The van der Waals surface area contributed by atoms with Gasteiger partial charge in [0, 0.05) is 30.9 Å². The Morgan fingerprint density at radius 3 is 2.53 bits per heavy atom. The minimum atomic E-state index is -0.255.